The van der Waals surface area contributed by atoms with Crippen LogP contribution in [0.15, 0.2) is 0 Å². The summed E-state index contributed by atoms with van der Waals surface area (Å²) >= 11 is 0. The van der Waals surface area contributed by atoms with Crippen LogP contribution in [0.5, 0.6) is 0 Å². The van der Waals surface area contributed by atoms with Gasteiger partial charge in [0.05, 0.1) is 0 Å². The van der Waals surface area contributed by atoms with Gasteiger partial charge in [0, 0.05) is 19.3 Å². The molecule has 0 saturated heterocycles. The van der Waals surface area contributed by atoms with Crippen molar-refractivity contribution in [3.05, 3.63) is 0 Å². The highest BCUT2D eigenvalue weighted by Gasteiger charge is 2.19. The van der Waals surface area contributed by atoms with Crippen LogP contribution in [0.2, 0.25) is 0 Å². The first-order valence-electron chi connectivity index (χ1n) is 22.3. The SMILES string of the molecule is CCCCCCCCCCCCCCCCC(=O)OC[C@H](COC(=O)CCCCCCCCC(C)CC)OC(=O)CCCCCCCCC(C)C. The van der Waals surface area contributed by atoms with Gasteiger partial charge in [0.2, 0.25) is 0 Å². The highest BCUT2D eigenvalue weighted by molar-refractivity contribution is 5.71. The molecule has 0 heterocycles. The minimum absolute atomic E-state index is 0.0665. The average molecular weight is 723 g/mol. The van der Waals surface area contributed by atoms with Gasteiger partial charge >= 0.3 is 17.9 Å². The fourth-order valence-corrected chi connectivity index (χ4v) is 6.54. The fraction of sp³-hybridized carbons (Fsp3) is 0.933. The monoisotopic (exact) mass is 723 g/mol. The Kier molecular flexibility index (Phi) is 37.0. The molecule has 0 radical (unpaired) electrons. The third-order valence-corrected chi connectivity index (χ3v) is 10.3. The van der Waals surface area contributed by atoms with E-state index in [0.29, 0.717) is 19.3 Å². The lowest BCUT2D eigenvalue weighted by atomic mass is 10.00. The summed E-state index contributed by atoms with van der Waals surface area (Å²) in [6.07, 6.45) is 35.3. The molecule has 0 aliphatic rings. The molecule has 0 saturated carbocycles. The van der Waals surface area contributed by atoms with Crippen molar-refractivity contribution in [3.8, 4) is 0 Å². The van der Waals surface area contributed by atoms with Gasteiger partial charge in [-0.15, -0.1) is 0 Å². The third kappa shape index (κ3) is 38.0. The van der Waals surface area contributed by atoms with E-state index in [1.54, 1.807) is 0 Å². The van der Waals surface area contributed by atoms with Crippen LogP contribution in [0.4, 0.5) is 0 Å². The number of esters is 3. The summed E-state index contributed by atoms with van der Waals surface area (Å²) in [6.45, 7) is 11.2. The number of carbonyl (C=O) groups excluding carboxylic acids is 3. The average Bonchev–Trinajstić information content (AvgIpc) is 3.11. The zero-order valence-corrected chi connectivity index (χ0v) is 34.7. The van der Waals surface area contributed by atoms with Crippen molar-refractivity contribution in [3.63, 3.8) is 0 Å². The predicted molar refractivity (Wildman–Crippen MR) is 215 cm³/mol. The minimum atomic E-state index is -0.761. The maximum Gasteiger partial charge on any atom is 0.306 e. The molecule has 0 N–H and O–H groups in total. The van der Waals surface area contributed by atoms with Gasteiger partial charge in [0.25, 0.3) is 0 Å². The second-order valence-corrected chi connectivity index (χ2v) is 16.1. The first kappa shape index (κ1) is 49.4. The molecule has 0 aromatic rings. The fourth-order valence-electron chi connectivity index (χ4n) is 6.54. The Labute approximate surface area is 317 Å². The minimum Gasteiger partial charge on any atom is -0.462 e. The smallest absolute Gasteiger partial charge is 0.306 e. The molecule has 0 fully saturated rings. The lowest BCUT2D eigenvalue weighted by Crippen LogP contribution is -2.30. The van der Waals surface area contributed by atoms with Crippen molar-refractivity contribution in [1.82, 2.24) is 0 Å². The lowest BCUT2D eigenvalue weighted by molar-refractivity contribution is -0.167. The maximum absolute atomic E-state index is 12.6. The molecule has 0 aliphatic heterocycles. The van der Waals surface area contributed by atoms with Gasteiger partial charge in [0.15, 0.2) is 6.10 Å². The van der Waals surface area contributed by atoms with Crippen molar-refractivity contribution >= 4 is 17.9 Å². The van der Waals surface area contributed by atoms with Crippen molar-refractivity contribution in [2.45, 2.75) is 246 Å². The van der Waals surface area contributed by atoms with E-state index >= 15 is 0 Å². The summed E-state index contributed by atoms with van der Waals surface area (Å²) in [5.41, 5.74) is 0. The third-order valence-electron chi connectivity index (χ3n) is 10.3. The Balaban J connectivity index is 4.31. The largest absolute Gasteiger partial charge is 0.462 e. The number of rotatable bonds is 39. The van der Waals surface area contributed by atoms with Crippen LogP contribution >= 0.6 is 0 Å². The van der Waals surface area contributed by atoms with Crippen LogP contribution in [0.1, 0.15) is 240 Å². The van der Waals surface area contributed by atoms with E-state index in [-0.39, 0.29) is 31.1 Å². The van der Waals surface area contributed by atoms with Crippen molar-refractivity contribution in [2.75, 3.05) is 13.2 Å². The van der Waals surface area contributed by atoms with Gasteiger partial charge in [-0.2, -0.15) is 0 Å². The highest BCUT2D eigenvalue weighted by Crippen LogP contribution is 2.17. The summed E-state index contributed by atoms with van der Waals surface area (Å²) in [5, 5.41) is 0. The normalized spacial score (nSPS) is 12.6. The van der Waals surface area contributed by atoms with E-state index in [2.05, 4.69) is 34.6 Å². The van der Waals surface area contributed by atoms with E-state index in [1.807, 2.05) is 0 Å². The van der Waals surface area contributed by atoms with Gasteiger partial charge in [-0.25, -0.2) is 0 Å². The molecule has 0 spiro atoms. The summed E-state index contributed by atoms with van der Waals surface area (Å²) < 4.78 is 16.7. The van der Waals surface area contributed by atoms with Crippen molar-refractivity contribution in [2.24, 2.45) is 11.8 Å². The molecule has 0 rings (SSSR count). The number of hydrogen-bond donors (Lipinski definition) is 0. The summed E-state index contributed by atoms with van der Waals surface area (Å²) in [5.74, 6) is 0.707. The second kappa shape index (κ2) is 38.1. The Hall–Kier alpha value is -1.59. The number of ether oxygens (including phenoxy) is 3. The topological polar surface area (TPSA) is 78.9 Å². The lowest BCUT2D eigenvalue weighted by Gasteiger charge is -2.18. The molecule has 0 aromatic heterocycles. The number of hydrogen-bond acceptors (Lipinski definition) is 6. The van der Waals surface area contributed by atoms with Crippen molar-refractivity contribution in [1.29, 1.82) is 0 Å². The molecule has 0 amide bonds. The van der Waals surface area contributed by atoms with E-state index < -0.39 is 6.10 Å². The van der Waals surface area contributed by atoms with E-state index in [9.17, 15) is 14.4 Å². The maximum atomic E-state index is 12.6. The molecule has 51 heavy (non-hydrogen) atoms. The molecule has 302 valence electrons. The molecule has 1 unspecified atom stereocenters. The first-order chi connectivity index (χ1) is 24.8. The summed E-state index contributed by atoms with van der Waals surface area (Å²) in [6, 6.07) is 0. The van der Waals surface area contributed by atoms with Gasteiger partial charge in [-0.1, -0.05) is 202 Å². The Morgan fingerprint density at radius 3 is 1.12 bits per heavy atom. The molecule has 0 bridgehead atoms. The van der Waals surface area contributed by atoms with Crippen LogP contribution in [0, 0.1) is 11.8 Å². The van der Waals surface area contributed by atoms with Crippen LogP contribution in [-0.2, 0) is 28.6 Å². The highest BCUT2D eigenvalue weighted by atomic mass is 16.6. The van der Waals surface area contributed by atoms with Crippen LogP contribution in [0.25, 0.3) is 0 Å². The molecule has 0 aliphatic carbocycles. The second-order valence-electron chi connectivity index (χ2n) is 16.1. The molecule has 0 aromatic carbocycles. The van der Waals surface area contributed by atoms with Gasteiger partial charge in [-0.05, 0) is 31.1 Å². The van der Waals surface area contributed by atoms with Gasteiger partial charge in [-0.3, -0.25) is 14.4 Å². The number of carbonyl (C=O) groups is 3. The molecule has 2 atom stereocenters. The molecular formula is C45H86O6. The zero-order chi connectivity index (χ0) is 37.6. The summed E-state index contributed by atoms with van der Waals surface area (Å²) in [4.78, 5) is 37.6. The number of unbranched alkanes of at least 4 members (excludes halogenated alkanes) is 23. The van der Waals surface area contributed by atoms with E-state index in [0.717, 1.165) is 69.6 Å². The van der Waals surface area contributed by atoms with Crippen molar-refractivity contribution < 1.29 is 28.6 Å². The Morgan fingerprint density at radius 2 is 0.745 bits per heavy atom. The Morgan fingerprint density at radius 1 is 0.412 bits per heavy atom. The predicted octanol–water partition coefficient (Wildman–Crippen LogP) is 13.8. The first-order valence-corrected chi connectivity index (χ1v) is 22.3. The van der Waals surface area contributed by atoms with Crippen LogP contribution < -0.4 is 0 Å². The quantitative estimate of drug-likeness (QED) is 0.0357. The van der Waals surface area contributed by atoms with E-state index in [1.165, 1.54) is 128 Å². The van der Waals surface area contributed by atoms with Crippen LogP contribution in [0.3, 0.4) is 0 Å². The van der Waals surface area contributed by atoms with Gasteiger partial charge in [0.1, 0.15) is 13.2 Å². The molecular weight excluding hydrogens is 636 g/mol. The van der Waals surface area contributed by atoms with Gasteiger partial charge < -0.3 is 14.2 Å². The van der Waals surface area contributed by atoms with E-state index in [4.69, 9.17) is 14.2 Å². The molecule has 6 nitrogen and oxygen atoms in total. The summed E-state index contributed by atoms with van der Waals surface area (Å²) in [7, 11) is 0. The standard InChI is InChI=1S/C45H86O6/c1-6-8-9-10-11-12-13-14-15-16-17-18-25-30-35-43(46)49-38-42(51-45(48)37-32-27-21-19-23-28-33-40(3)4)39-50-44(47)36-31-26-22-20-24-29-34-41(5)7-2/h40-42H,6-39H2,1-5H3/t41?,42-/m1/s1. The molecule has 6 heteroatoms. The Bertz CT molecular complexity index is 781. The van der Waals surface area contributed by atoms with Crippen LogP contribution in [-0.4, -0.2) is 37.2 Å². The zero-order valence-electron chi connectivity index (χ0n) is 34.7.